The molecule has 252 valence electrons. The van der Waals surface area contributed by atoms with E-state index in [0.29, 0.717) is 23.1 Å². The molecule has 1 aliphatic rings. The van der Waals surface area contributed by atoms with Crippen molar-refractivity contribution < 1.29 is 22.7 Å². The van der Waals surface area contributed by atoms with Crippen LogP contribution in [0.1, 0.15) is 49.3 Å². The van der Waals surface area contributed by atoms with Gasteiger partial charge in [0.1, 0.15) is 18.3 Å². The molecule has 2 amide bonds. The van der Waals surface area contributed by atoms with Gasteiger partial charge in [0, 0.05) is 24.0 Å². The Balaban J connectivity index is 1.56. The Morgan fingerprint density at radius 1 is 0.875 bits per heavy atom. The minimum Gasteiger partial charge on any atom is -0.494 e. The van der Waals surface area contributed by atoms with Gasteiger partial charge in [-0.05, 0) is 86.3 Å². The standard InChI is InChI=1S/C38H42ClN3O5S/c1-3-47-34-21-19-33(20-22-34)42(48(45,46)35-23-13-28(2)14-24-35)27-37(43)41(26-30-15-17-31(39)18-16-30)36(25-29-9-5-4-6-10-29)38(44)40-32-11-7-8-12-32/h4-6,9-10,13-24,32,36H,3,7-8,11-12,25-27H2,1-2H3,(H,40,44). The number of hydrogen-bond acceptors (Lipinski definition) is 5. The number of carbonyl (C=O) groups is 2. The lowest BCUT2D eigenvalue weighted by molar-refractivity contribution is -0.140. The fourth-order valence-corrected chi connectivity index (χ4v) is 7.49. The maximum absolute atomic E-state index is 14.7. The van der Waals surface area contributed by atoms with Gasteiger partial charge >= 0.3 is 0 Å². The number of aryl methyl sites for hydroxylation is 1. The van der Waals surface area contributed by atoms with Crippen LogP contribution < -0.4 is 14.4 Å². The summed E-state index contributed by atoms with van der Waals surface area (Å²) in [5.74, 6) is -0.199. The van der Waals surface area contributed by atoms with E-state index in [1.54, 1.807) is 48.5 Å². The van der Waals surface area contributed by atoms with Gasteiger partial charge in [-0.15, -0.1) is 0 Å². The lowest BCUT2D eigenvalue weighted by atomic mass is 10.0. The van der Waals surface area contributed by atoms with Gasteiger partial charge < -0.3 is 15.0 Å². The number of hydrogen-bond donors (Lipinski definition) is 1. The first-order valence-electron chi connectivity index (χ1n) is 16.3. The highest BCUT2D eigenvalue weighted by Gasteiger charge is 2.35. The van der Waals surface area contributed by atoms with Crippen molar-refractivity contribution in [2.24, 2.45) is 0 Å². The Kier molecular flexibility index (Phi) is 11.8. The average Bonchev–Trinajstić information content (AvgIpc) is 3.60. The van der Waals surface area contributed by atoms with E-state index in [1.165, 1.54) is 17.0 Å². The predicted octanol–water partition coefficient (Wildman–Crippen LogP) is 6.94. The Labute approximate surface area is 288 Å². The Bertz CT molecular complexity index is 1760. The molecule has 1 N–H and O–H groups in total. The minimum atomic E-state index is -4.20. The first kappa shape index (κ1) is 35.0. The van der Waals surface area contributed by atoms with Crippen LogP contribution in [0.4, 0.5) is 5.69 Å². The van der Waals surface area contributed by atoms with Gasteiger partial charge in [-0.3, -0.25) is 13.9 Å². The minimum absolute atomic E-state index is 0.0329. The van der Waals surface area contributed by atoms with Crippen LogP contribution in [-0.2, 0) is 32.6 Å². The van der Waals surface area contributed by atoms with Gasteiger partial charge in [-0.2, -0.15) is 0 Å². The van der Waals surface area contributed by atoms with E-state index in [2.05, 4.69) is 5.32 Å². The van der Waals surface area contributed by atoms with Crippen LogP contribution in [-0.4, -0.2) is 50.4 Å². The van der Waals surface area contributed by atoms with E-state index in [1.807, 2.05) is 56.3 Å². The fraction of sp³-hybridized carbons (Fsp3) is 0.316. The third-order valence-corrected chi connectivity index (χ3v) is 10.6. The first-order valence-corrected chi connectivity index (χ1v) is 18.2. The molecule has 4 aromatic carbocycles. The second kappa shape index (κ2) is 16.2. The second-order valence-electron chi connectivity index (χ2n) is 12.1. The highest BCUT2D eigenvalue weighted by Crippen LogP contribution is 2.28. The maximum Gasteiger partial charge on any atom is 0.264 e. The number of ether oxygens (including phenoxy) is 1. The zero-order valence-corrected chi connectivity index (χ0v) is 28.9. The van der Waals surface area contributed by atoms with Crippen molar-refractivity contribution in [3.63, 3.8) is 0 Å². The Morgan fingerprint density at radius 2 is 1.52 bits per heavy atom. The third kappa shape index (κ3) is 8.96. The van der Waals surface area contributed by atoms with E-state index >= 15 is 0 Å². The highest BCUT2D eigenvalue weighted by molar-refractivity contribution is 7.92. The number of benzene rings is 4. The van der Waals surface area contributed by atoms with Crippen molar-refractivity contribution in [2.75, 3.05) is 17.5 Å². The van der Waals surface area contributed by atoms with Crippen molar-refractivity contribution >= 4 is 39.1 Å². The lowest BCUT2D eigenvalue weighted by Crippen LogP contribution is -2.54. The number of carbonyl (C=O) groups excluding carboxylic acids is 2. The summed E-state index contributed by atoms with van der Waals surface area (Å²) in [6.45, 7) is 3.74. The summed E-state index contributed by atoms with van der Waals surface area (Å²) in [6.07, 6.45) is 4.10. The summed E-state index contributed by atoms with van der Waals surface area (Å²) in [7, 11) is -4.20. The topological polar surface area (TPSA) is 96.0 Å². The molecule has 0 aliphatic heterocycles. The first-order chi connectivity index (χ1) is 23.1. The lowest BCUT2D eigenvalue weighted by Gasteiger charge is -2.34. The van der Waals surface area contributed by atoms with Crippen molar-refractivity contribution in [3.8, 4) is 5.75 Å². The molecular weight excluding hydrogens is 646 g/mol. The zero-order valence-electron chi connectivity index (χ0n) is 27.3. The van der Waals surface area contributed by atoms with Crippen LogP contribution >= 0.6 is 11.6 Å². The van der Waals surface area contributed by atoms with Gasteiger partial charge in [0.05, 0.1) is 17.2 Å². The van der Waals surface area contributed by atoms with Crippen LogP contribution in [0.15, 0.2) is 108 Å². The molecule has 1 fully saturated rings. The number of halogens is 1. The van der Waals surface area contributed by atoms with Gasteiger partial charge in [-0.1, -0.05) is 84.6 Å². The van der Waals surface area contributed by atoms with Crippen molar-refractivity contribution in [1.29, 1.82) is 0 Å². The second-order valence-corrected chi connectivity index (χ2v) is 14.4. The molecule has 1 saturated carbocycles. The molecule has 8 nitrogen and oxygen atoms in total. The number of amides is 2. The summed E-state index contributed by atoms with van der Waals surface area (Å²) in [6, 6.07) is 28.9. The molecule has 0 radical (unpaired) electrons. The molecule has 0 heterocycles. The van der Waals surface area contributed by atoms with Crippen LogP contribution in [0.3, 0.4) is 0 Å². The molecule has 1 unspecified atom stereocenters. The highest BCUT2D eigenvalue weighted by atomic mass is 35.5. The molecule has 5 rings (SSSR count). The van der Waals surface area contributed by atoms with Gasteiger partial charge in [0.25, 0.3) is 10.0 Å². The normalized spacial score (nSPS) is 13.9. The van der Waals surface area contributed by atoms with Gasteiger partial charge in [0.2, 0.25) is 11.8 Å². The van der Waals surface area contributed by atoms with E-state index in [0.717, 1.165) is 46.7 Å². The molecule has 4 aromatic rings. The number of anilines is 1. The number of sulfonamides is 1. The monoisotopic (exact) mass is 687 g/mol. The smallest absolute Gasteiger partial charge is 0.264 e. The SMILES string of the molecule is CCOc1ccc(N(CC(=O)N(Cc2ccc(Cl)cc2)C(Cc2ccccc2)C(=O)NC2CCCC2)S(=O)(=O)c2ccc(C)cc2)cc1. The Morgan fingerprint density at radius 3 is 2.15 bits per heavy atom. The molecule has 0 saturated heterocycles. The summed E-state index contributed by atoms with van der Waals surface area (Å²) in [4.78, 5) is 30.4. The number of rotatable bonds is 14. The quantitative estimate of drug-likeness (QED) is 0.155. The number of nitrogens with zero attached hydrogens (tertiary/aromatic N) is 2. The van der Waals surface area contributed by atoms with E-state index in [-0.39, 0.29) is 29.8 Å². The maximum atomic E-state index is 14.7. The predicted molar refractivity (Wildman–Crippen MR) is 190 cm³/mol. The van der Waals surface area contributed by atoms with Crippen LogP contribution in [0, 0.1) is 6.92 Å². The van der Waals surface area contributed by atoms with Crippen LogP contribution in [0.2, 0.25) is 5.02 Å². The summed E-state index contributed by atoms with van der Waals surface area (Å²) in [5, 5.41) is 3.74. The molecule has 10 heteroatoms. The van der Waals surface area contributed by atoms with Crippen LogP contribution in [0.5, 0.6) is 5.75 Å². The van der Waals surface area contributed by atoms with Gasteiger partial charge in [-0.25, -0.2) is 8.42 Å². The molecule has 0 bridgehead atoms. The van der Waals surface area contributed by atoms with Crippen molar-refractivity contribution in [2.45, 2.75) is 69.5 Å². The molecule has 0 aromatic heterocycles. The van der Waals surface area contributed by atoms with E-state index in [4.69, 9.17) is 16.3 Å². The molecule has 1 aliphatic carbocycles. The van der Waals surface area contributed by atoms with Crippen LogP contribution in [0.25, 0.3) is 0 Å². The molecule has 48 heavy (non-hydrogen) atoms. The van der Waals surface area contributed by atoms with E-state index in [9.17, 15) is 18.0 Å². The summed E-state index contributed by atoms with van der Waals surface area (Å²) >= 11 is 6.18. The summed E-state index contributed by atoms with van der Waals surface area (Å²) < 4.78 is 35.2. The van der Waals surface area contributed by atoms with Crippen molar-refractivity contribution in [1.82, 2.24) is 10.2 Å². The molecular formula is C38H42ClN3O5S. The molecule has 1 atom stereocenters. The fourth-order valence-electron chi connectivity index (χ4n) is 5.95. The third-order valence-electron chi connectivity index (χ3n) is 8.56. The summed E-state index contributed by atoms with van der Waals surface area (Å²) in [5.41, 5.74) is 2.85. The average molecular weight is 688 g/mol. The van der Waals surface area contributed by atoms with E-state index < -0.39 is 28.5 Å². The largest absolute Gasteiger partial charge is 0.494 e. The molecule has 0 spiro atoms. The Hall–Kier alpha value is -4.34. The van der Waals surface area contributed by atoms with Gasteiger partial charge in [0.15, 0.2) is 0 Å². The number of nitrogens with one attached hydrogen (secondary N) is 1. The van der Waals surface area contributed by atoms with Crippen molar-refractivity contribution in [3.05, 3.63) is 125 Å². The zero-order chi connectivity index (χ0) is 34.1.